The molecule has 0 aliphatic rings. The van der Waals surface area contributed by atoms with E-state index in [0.717, 1.165) is 0 Å². The molecule has 0 heterocycles. The maximum Gasteiger partial charge on any atom is 0.322 e. The Hall–Kier alpha value is -2.12. The summed E-state index contributed by atoms with van der Waals surface area (Å²) in [5, 5.41) is 27.4. The van der Waals surface area contributed by atoms with Crippen molar-refractivity contribution >= 4 is 11.9 Å². The number of rotatable bonds is 8. The van der Waals surface area contributed by atoms with Gasteiger partial charge in [-0.3, -0.25) is 9.59 Å². The van der Waals surface area contributed by atoms with Crippen LogP contribution in [0.25, 0.3) is 0 Å². The van der Waals surface area contributed by atoms with Gasteiger partial charge in [-0.05, 0) is 30.0 Å². The number of carboxylic acid groups (broad SMARTS) is 2. The third-order valence-corrected chi connectivity index (χ3v) is 3.02. The third kappa shape index (κ3) is 5.41. The number of carbonyl (C=O) groups is 2. The Kier molecular flexibility index (Phi) is 6.13. The second-order valence-corrected chi connectivity index (χ2v) is 5.11. The lowest BCUT2D eigenvalue weighted by Crippen LogP contribution is -2.54. The van der Waals surface area contributed by atoms with Crippen LogP contribution in [-0.2, 0) is 16.0 Å². The zero-order valence-corrected chi connectivity index (χ0v) is 11.9. The third-order valence-electron chi connectivity index (χ3n) is 3.02. The molecule has 0 bridgehead atoms. The summed E-state index contributed by atoms with van der Waals surface area (Å²) in [5.41, 5.74) is 5.82. The molecule has 0 spiro atoms. The Morgan fingerprint density at radius 2 is 1.62 bits per heavy atom. The molecule has 0 fully saturated rings. The summed E-state index contributed by atoms with van der Waals surface area (Å²) < 4.78 is 0. The van der Waals surface area contributed by atoms with E-state index < -0.39 is 24.0 Å². The highest BCUT2D eigenvalue weighted by molar-refractivity contribution is 5.75. The number of hydrogen-bond acceptors (Lipinski definition) is 5. The van der Waals surface area contributed by atoms with E-state index >= 15 is 0 Å². The minimum atomic E-state index is -1.09. The molecule has 7 nitrogen and oxygen atoms in total. The van der Waals surface area contributed by atoms with Gasteiger partial charge >= 0.3 is 11.9 Å². The number of phenols is 1. The quantitative estimate of drug-likeness (QED) is 0.445. The molecule has 0 aromatic heterocycles. The Morgan fingerprint density at radius 1 is 1.05 bits per heavy atom. The van der Waals surface area contributed by atoms with Crippen molar-refractivity contribution in [1.29, 1.82) is 0 Å². The van der Waals surface area contributed by atoms with Gasteiger partial charge in [0.2, 0.25) is 0 Å². The van der Waals surface area contributed by atoms with Crippen LogP contribution in [0.1, 0.15) is 19.4 Å². The molecule has 2 atom stereocenters. The molecule has 0 radical (unpaired) electrons. The molecule has 1 aromatic carbocycles. The van der Waals surface area contributed by atoms with Crippen molar-refractivity contribution in [1.82, 2.24) is 10.9 Å². The summed E-state index contributed by atoms with van der Waals surface area (Å²) >= 11 is 0. The minimum Gasteiger partial charge on any atom is -0.508 e. The highest BCUT2D eigenvalue weighted by Gasteiger charge is 2.24. The molecule has 0 saturated heterocycles. The lowest BCUT2D eigenvalue weighted by atomic mass is 10.0. The molecule has 0 aliphatic heterocycles. The molecule has 0 saturated carbocycles. The van der Waals surface area contributed by atoms with Crippen molar-refractivity contribution in [3.05, 3.63) is 29.8 Å². The van der Waals surface area contributed by atoms with Gasteiger partial charge in [0.15, 0.2) is 0 Å². The smallest absolute Gasteiger partial charge is 0.322 e. The Bertz CT molecular complexity index is 487. The van der Waals surface area contributed by atoms with Crippen molar-refractivity contribution in [3.8, 4) is 5.75 Å². The summed E-state index contributed by atoms with van der Waals surface area (Å²) in [4.78, 5) is 22.3. The van der Waals surface area contributed by atoms with Crippen molar-refractivity contribution in [3.63, 3.8) is 0 Å². The van der Waals surface area contributed by atoms with Gasteiger partial charge in [-0.25, -0.2) is 10.9 Å². The molecule has 5 N–H and O–H groups in total. The summed E-state index contributed by atoms with van der Waals surface area (Å²) in [6.07, 6.45) is 0.160. The molecule has 116 valence electrons. The van der Waals surface area contributed by atoms with E-state index in [9.17, 15) is 19.8 Å². The van der Waals surface area contributed by atoms with Crippen LogP contribution in [0.4, 0.5) is 0 Å². The summed E-state index contributed by atoms with van der Waals surface area (Å²) in [6.45, 7) is 3.45. The SMILES string of the molecule is CC(C)[C@H](NN[C@@H](Cc1ccc(O)cc1)C(=O)O)C(=O)O. The average molecular weight is 296 g/mol. The fourth-order valence-corrected chi connectivity index (χ4v) is 1.77. The van der Waals surface area contributed by atoms with Gasteiger partial charge < -0.3 is 15.3 Å². The number of nitrogens with one attached hydrogen (secondary N) is 2. The molecular formula is C14H20N2O5. The van der Waals surface area contributed by atoms with Crippen LogP contribution in [0, 0.1) is 5.92 Å². The van der Waals surface area contributed by atoms with Gasteiger partial charge in [-0.2, -0.15) is 0 Å². The van der Waals surface area contributed by atoms with Gasteiger partial charge in [-0.1, -0.05) is 26.0 Å². The van der Waals surface area contributed by atoms with Gasteiger partial charge in [0, 0.05) is 0 Å². The second-order valence-electron chi connectivity index (χ2n) is 5.11. The standard InChI is InChI=1S/C14H20N2O5/c1-8(2)12(14(20)21)16-15-11(13(18)19)7-9-3-5-10(17)6-4-9/h3-6,8,11-12,15-17H,7H2,1-2H3,(H,18,19)(H,20,21)/t11-,12-/m0/s1. The first-order valence-electron chi connectivity index (χ1n) is 6.55. The van der Waals surface area contributed by atoms with Crippen LogP contribution in [0.5, 0.6) is 5.75 Å². The minimum absolute atomic E-state index is 0.0995. The number of carboxylic acids is 2. The lowest BCUT2D eigenvalue weighted by molar-refractivity contribution is -0.143. The van der Waals surface area contributed by atoms with Crippen LogP contribution in [-0.4, -0.2) is 39.3 Å². The predicted molar refractivity (Wildman–Crippen MR) is 75.8 cm³/mol. The highest BCUT2D eigenvalue weighted by atomic mass is 16.4. The van der Waals surface area contributed by atoms with Gasteiger partial charge in [-0.15, -0.1) is 0 Å². The van der Waals surface area contributed by atoms with E-state index in [0.29, 0.717) is 5.56 Å². The Morgan fingerprint density at radius 3 is 2.05 bits per heavy atom. The lowest BCUT2D eigenvalue weighted by Gasteiger charge is -2.22. The van der Waals surface area contributed by atoms with E-state index in [2.05, 4.69) is 10.9 Å². The Balaban J connectivity index is 2.67. The average Bonchev–Trinajstić information content (AvgIpc) is 2.38. The maximum atomic E-state index is 11.2. The van der Waals surface area contributed by atoms with E-state index in [1.165, 1.54) is 12.1 Å². The van der Waals surface area contributed by atoms with Crippen LogP contribution in [0.3, 0.4) is 0 Å². The van der Waals surface area contributed by atoms with Crippen LogP contribution < -0.4 is 10.9 Å². The van der Waals surface area contributed by atoms with Gasteiger partial charge in [0.1, 0.15) is 17.8 Å². The molecule has 7 heteroatoms. The van der Waals surface area contributed by atoms with Crippen LogP contribution in [0.15, 0.2) is 24.3 Å². The van der Waals surface area contributed by atoms with Crippen LogP contribution >= 0.6 is 0 Å². The topological polar surface area (TPSA) is 119 Å². The monoisotopic (exact) mass is 296 g/mol. The maximum absolute atomic E-state index is 11.2. The van der Waals surface area contributed by atoms with E-state index in [4.69, 9.17) is 5.11 Å². The van der Waals surface area contributed by atoms with Crippen molar-refractivity contribution in [2.45, 2.75) is 32.4 Å². The summed E-state index contributed by atoms with van der Waals surface area (Å²) in [6, 6.07) is 4.31. The number of hydrazine groups is 1. The summed E-state index contributed by atoms with van der Waals surface area (Å²) in [5.74, 6) is -2.24. The zero-order valence-electron chi connectivity index (χ0n) is 11.9. The predicted octanol–water partition coefficient (Wildman–Crippen LogP) is 0.591. The summed E-state index contributed by atoms with van der Waals surface area (Å²) in [7, 11) is 0. The van der Waals surface area contributed by atoms with E-state index in [1.54, 1.807) is 26.0 Å². The number of benzene rings is 1. The van der Waals surface area contributed by atoms with Crippen molar-refractivity contribution in [2.75, 3.05) is 0 Å². The zero-order chi connectivity index (χ0) is 16.0. The number of hydrogen-bond donors (Lipinski definition) is 5. The first kappa shape index (κ1) is 16.9. The second kappa shape index (κ2) is 7.61. The molecule has 1 rings (SSSR count). The molecule has 0 aliphatic carbocycles. The number of aromatic hydroxyl groups is 1. The largest absolute Gasteiger partial charge is 0.508 e. The van der Waals surface area contributed by atoms with Crippen molar-refractivity contribution < 1.29 is 24.9 Å². The normalized spacial score (nSPS) is 13.9. The van der Waals surface area contributed by atoms with E-state index in [1.807, 2.05) is 0 Å². The first-order valence-corrected chi connectivity index (χ1v) is 6.55. The fourth-order valence-electron chi connectivity index (χ4n) is 1.77. The molecule has 0 unspecified atom stereocenters. The molecule has 0 amide bonds. The van der Waals surface area contributed by atoms with Crippen LogP contribution in [0.2, 0.25) is 0 Å². The van der Waals surface area contributed by atoms with Gasteiger partial charge in [0.05, 0.1) is 0 Å². The number of phenolic OH excluding ortho intramolecular Hbond substituents is 1. The van der Waals surface area contributed by atoms with Gasteiger partial charge in [0.25, 0.3) is 0 Å². The fraction of sp³-hybridized carbons (Fsp3) is 0.429. The van der Waals surface area contributed by atoms with E-state index in [-0.39, 0.29) is 18.1 Å². The molecule has 21 heavy (non-hydrogen) atoms. The molecule has 1 aromatic rings. The first-order chi connectivity index (χ1) is 9.81. The Labute approximate surface area is 122 Å². The molecular weight excluding hydrogens is 276 g/mol. The van der Waals surface area contributed by atoms with Crippen molar-refractivity contribution in [2.24, 2.45) is 5.92 Å². The number of aliphatic carboxylic acids is 2. The highest BCUT2D eigenvalue weighted by Crippen LogP contribution is 2.11.